The summed E-state index contributed by atoms with van der Waals surface area (Å²) in [6, 6.07) is 18.1. The number of halogens is 4. The summed E-state index contributed by atoms with van der Waals surface area (Å²) in [5.41, 5.74) is 2.36. The maximum Gasteiger partial charge on any atom is 0.573 e. The van der Waals surface area contributed by atoms with Crippen molar-refractivity contribution in [1.29, 1.82) is 0 Å². The fraction of sp³-hybridized carbons (Fsp3) is 0.0455. The zero-order valence-corrected chi connectivity index (χ0v) is 18.2. The van der Waals surface area contributed by atoms with Gasteiger partial charge in [-0.2, -0.15) is 0 Å². The van der Waals surface area contributed by atoms with E-state index in [0.717, 1.165) is 5.69 Å². The Balaban J connectivity index is 1.78. The summed E-state index contributed by atoms with van der Waals surface area (Å²) in [5, 5.41) is 5.71. The highest BCUT2D eigenvalue weighted by Gasteiger charge is 2.31. The minimum atomic E-state index is -4.78. The fourth-order valence-electron chi connectivity index (χ4n) is 3.14. The first-order valence-corrected chi connectivity index (χ1v) is 11.3. The number of sulfonamides is 1. The molecule has 0 fully saturated rings. The zero-order valence-electron chi connectivity index (χ0n) is 16.6. The molecule has 0 aliphatic carbocycles. The van der Waals surface area contributed by atoms with Crippen LogP contribution in [0.3, 0.4) is 0 Å². The second-order valence-electron chi connectivity index (χ2n) is 6.94. The molecular formula is C22H15ClF3N3O3S. The predicted octanol–water partition coefficient (Wildman–Crippen LogP) is 5.41. The number of ether oxygens (including phenoxy) is 1. The van der Waals surface area contributed by atoms with Gasteiger partial charge in [-0.3, -0.25) is 4.57 Å². The van der Waals surface area contributed by atoms with Gasteiger partial charge >= 0.3 is 6.36 Å². The van der Waals surface area contributed by atoms with Crippen molar-refractivity contribution in [3.63, 3.8) is 0 Å². The molecule has 170 valence electrons. The minimum Gasteiger partial charge on any atom is -0.406 e. The molecular weight excluding hydrogens is 479 g/mol. The minimum absolute atomic E-state index is 0.0451. The number of benzene rings is 3. The maximum atomic E-state index is 12.4. The van der Waals surface area contributed by atoms with Crippen molar-refractivity contribution in [3.8, 4) is 34.1 Å². The quantitative estimate of drug-likeness (QED) is 0.403. The highest BCUT2D eigenvalue weighted by Crippen LogP contribution is 2.31. The third-order valence-corrected chi connectivity index (χ3v) is 5.82. The molecule has 0 unspecified atom stereocenters. The Morgan fingerprint density at radius 2 is 1.45 bits per heavy atom. The van der Waals surface area contributed by atoms with E-state index >= 15 is 0 Å². The first kappa shape index (κ1) is 22.8. The standard InChI is InChI=1S/C22H15ClF3N3O3S/c23-16-5-7-17(8-6-16)29-13-20(14-1-9-18(10-2-14)32-22(24,25)26)28-21(29)15-3-11-19(12-4-15)33(27,30)31/h1-13H,(H2,27,30,31). The molecule has 0 saturated heterocycles. The van der Waals surface area contributed by atoms with Crippen molar-refractivity contribution in [1.82, 2.24) is 9.55 Å². The van der Waals surface area contributed by atoms with Gasteiger partial charge in [-0.05, 0) is 72.8 Å². The van der Waals surface area contributed by atoms with Gasteiger partial charge in [-0.15, -0.1) is 13.2 Å². The molecule has 3 aromatic carbocycles. The van der Waals surface area contributed by atoms with Crippen LogP contribution < -0.4 is 9.88 Å². The smallest absolute Gasteiger partial charge is 0.406 e. The molecule has 0 bridgehead atoms. The van der Waals surface area contributed by atoms with Crippen LogP contribution in [0.15, 0.2) is 83.9 Å². The molecule has 6 nitrogen and oxygen atoms in total. The number of imidazole rings is 1. The largest absolute Gasteiger partial charge is 0.573 e. The molecule has 11 heteroatoms. The lowest BCUT2D eigenvalue weighted by Gasteiger charge is -2.08. The van der Waals surface area contributed by atoms with Gasteiger partial charge in [0.05, 0.1) is 10.6 Å². The van der Waals surface area contributed by atoms with Gasteiger partial charge in [0.25, 0.3) is 0 Å². The van der Waals surface area contributed by atoms with Crippen LogP contribution in [-0.2, 0) is 10.0 Å². The van der Waals surface area contributed by atoms with E-state index < -0.39 is 16.4 Å². The molecule has 0 radical (unpaired) electrons. The Kier molecular flexibility index (Phi) is 5.91. The zero-order chi connectivity index (χ0) is 23.8. The van der Waals surface area contributed by atoms with Crippen LogP contribution in [0.25, 0.3) is 28.3 Å². The summed E-state index contributed by atoms with van der Waals surface area (Å²) in [6.07, 6.45) is -3.07. The van der Waals surface area contributed by atoms with Crippen molar-refractivity contribution in [2.24, 2.45) is 5.14 Å². The molecule has 0 spiro atoms. The Hall–Kier alpha value is -3.34. The van der Waals surface area contributed by atoms with Gasteiger partial charge in [0.15, 0.2) is 0 Å². The molecule has 0 atom stereocenters. The molecule has 4 aromatic rings. The van der Waals surface area contributed by atoms with Crippen LogP contribution in [0.1, 0.15) is 0 Å². The molecule has 1 aromatic heterocycles. The summed E-state index contributed by atoms with van der Waals surface area (Å²) in [6.45, 7) is 0. The van der Waals surface area contributed by atoms with Crippen molar-refractivity contribution in [2.75, 3.05) is 0 Å². The Morgan fingerprint density at radius 1 is 0.879 bits per heavy atom. The van der Waals surface area contributed by atoms with Crippen LogP contribution in [-0.4, -0.2) is 24.3 Å². The Labute approximate surface area is 192 Å². The van der Waals surface area contributed by atoms with E-state index in [2.05, 4.69) is 9.72 Å². The van der Waals surface area contributed by atoms with Crippen LogP contribution in [0.4, 0.5) is 13.2 Å². The van der Waals surface area contributed by atoms with Gasteiger partial charge in [-0.25, -0.2) is 18.5 Å². The molecule has 0 saturated carbocycles. The lowest BCUT2D eigenvalue weighted by molar-refractivity contribution is -0.274. The van der Waals surface area contributed by atoms with Crippen molar-refractivity contribution < 1.29 is 26.3 Å². The number of primary sulfonamides is 1. The van der Waals surface area contributed by atoms with Crippen LogP contribution in [0.2, 0.25) is 5.02 Å². The highest BCUT2D eigenvalue weighted by atomic mass is 35.5. The summed E-state index contributed by atoms with van der Waals surface area (Å²) < 4.78 is 66.1. The fourth-order valence-corrected chi connectivity index (χ4v) is 3.78. The van der Waals surface area contributed by atoms with E-state index in [1.165, 1.54) is 36.4 Å². The second kappa shape index (κ2) is 8.54. The Bertz CT molecular complexity index is 1380. The second-order valence-corrected chi connectivity index (χ2v) is 8.94. The lowest BCUT2D eigenvalue weighted by Crippen LogP contribution is -2.16. The number of alkyl halides is 3. The number of aromatic nitrogens is 2. The van der Waals surface area contributed by atoms with Gasteiger partial charge < -0.3 is 4.74 Å². The molecule has 0 aliphatic rings. The third kappa shape index (κ3) is 5.36. The van der Waals surface area contributed by atoms with Gasteiger partial charge in [0, 0.05) is 28.0 Å². The highest BCUT2D eigenvalue weighted by molar-refractivity contribution is 7.89. The van der Waals surface area contributed by atoms with E-state index in [4.69, 9.17) is 16.7 Å². The first-order valence-electron chi connectivity index (χ1n) is 9.34. The third-order valence-electron chi connectivity index (χ3n) is 4.64. The number of hydrogen-bond donors (Lipinski definition) is 1. The topological polar surface area (TPSA) is 87.2 Å². The van der Waals surface area contributed by atoms with Gasteiger partial charge in [0.2, 0.25) is 10.0 Å². The maximum absolute atomic E-state index is 12.4. The normalized spacial score (nSPS) is 12.0. The van der Waals surface area contributed by atoms with Gasteiger partial charge in [0.1, 0.15) is 11.6 Å². The molecule has 1 heterocycles. The van der Waals surface area contributed by atoms with Crippen molar-refractivity contribution in [3.05, 3.63) is 84.0 Å². The van der Waals surface area contributed by atoms with Crippen LogP contribution in [0.5, 0.6) is 5.75 Å². The molecule has 0 amide bonds. The van der Waals surface area contributed by atoms with Crippen molar-refractivity contribution >= 4 is 21.6 Å². The van der Waals surface area contributed by atoms with E-state index in [1.807, 2.05) is 0 Å². The summed E-state index contributed by atoms with van der Waals surface area (Å²) >= 11 is 5.99. The van der Waals surface area contributed by atoms with E-state index in [1.54, 1.807) is 47.2 Å². The molecule has 0 aliphatic heterocycles. The lowest BCUT2D eigenvalue weighted by atomic mass is 10.1. The summed E-state index contributed by atoms with van der Waals surface area (Å²) in [4.78, 5) is 4.59. The molecule has 33 heavy (non-hydrogen) atoms. The summed E-state index contributed by atoms with van der Waals surface area (Å²) in [5.74, 6) is 0.131. The summed E-state index contributed by atoms with van der Waals surface area (Å²) in [7, 11) is -3.86. The number of hydrogen-bond acceptors (Lipinski definition) is 4. The van der Waals surface area contributed by atoms with Crippen LogP contribution >= 0.6 is 11.6 Å². The SMILES string of the molecule is NS(=O)(=O)c1ccc(-c2nc(-c3ccc(OC(F)(F)F)cc3)cn2-c2ccc(Cl)cc2)cc1. The van der Waals surface area contributed by atoms with Crippen molar-refractivity contribution in [2.45, 2.75) is 11.3 Å². The Morgan fingerprint density at radius 3 is 2.00 bits per heavy atom. The number of nitrogens with two attached hydrogens (primary N) is 1. The van der Waals surface area contributed by atoms with E-state index in [9.17, 15) is 21.6 Å². The molecule has 2 N–H and O–H groups in total. The monoisotopic (exact) mass is 493 g/mol. The van der Waals surface area contributed by atoms with E-state index in [0.29, 0.717) is 27.7 Å². The first-order chi connectivity index (χ1) is 15.5. The van der Waals surface area contributed by atoms with Gasteiger partial charge in [-0.1, -0.05) is 11.6 Å². The molecule has 4 rings (SSSR count). The average Bonchev–Trinajstić information content (AvgIpc) is 3.18. The number of nitrogens with zero attached hydrogens (tertiary/aromatic N) is 2. The number of rotatable bonds is 5. The van der Waals surface area contributed by atoms with E-state index in [-0.39, 0.29) is 10.6 Å². The predicted molar refractivity (Wildman–Crippen MR) is 118 cm³/mol. The average molecular weight is 494 g/mol. The van der Waals surface area contributed by atoms with Crippen LogP contribution in [0, 0.1) is 0 Å².